The Kier molecular flexibility index (Phi) is 9.11. The second-order valence-electron chi connectivity index (χ2n) is 4.82. The van der Waals surface area contributed by atoms with E-state index in [4.69, 9.17) is 9.84 Å². The number of esters is 1. The largest absolute Gasteiger partial charge is 0.480 e. The molecule has 122 valence electrons. The van der Waals surface area contributed by atoms with Crippen molar-refractivity contribution in [3.63, 3.8) is 0 Å². The quantitative estimate of drug-likeness (QED) is 0.594. The van der Waals surface area contributed by atoms with Gasteiger partial charge in [0.25, 0.3) is 0 Å². The lowest BCUT2D eigenvalue weighted by molar-refractivity contribution is -0.141. The second kappa shape index (κ2) is 9.98. The van der Waals surface area contributed by atoms with E-state index in [0.29, 0.717) is 0 Å². The van der Waals surface area contributed by atoms with Gasteiger partial charge in [-0.25, -0.2) is 9.59 Å². The highest BCUT2D eigenvalue weighted by Crippen LogP contribution is 2.04. The summed E-state index contributed by atoms with van der Waals surface area (Å²) in [5.74, 6) is -1.79. The molecule has 0 aliphatic carbocycles. The van der Waals surface area contributed by atoms with E-state index in [2.05, 4.69) is 10.1 Å². The van der Waals surface area contributed by atoms with Crippen molar-refractivity contribution in [3.8, 4) is 0 Å². The van der Waals surface area contributed by atoms with Crippen LogP contribution in [0, 0.1) is 5.92 Å². The first-order valence-corrected chi connectivity index (χ1v) is 6.67. The number of nitrogens with zero attached hydrogens (tertiary/aromatic N) is 1. The number of rotatable bonds is 9. The van der Waals surface area contributed by atoms with Crippen molar-refractivity contribution in [3.05, 3.63) is 0 Å². The highest BCUT2D eigenvalue weighted by Gasteiger charge is 2.26. The van der Waals surface area contributed by atoms with Crippen LogP contribution in [0.25, 0.3) is 0 Å². The van der Waals surface area contributed by atoms with Gasteiger partial charge in [0, 0.05) is 20.2 Å². The average molecular weight is 304 g/mol. The summed E-state index contributed by atoms with van der Waals surface area (Å²) in [4.78, 5) is 35.7. The molecule has 8 nitrogen and oxygen atoms in total. The summed E-state index contributed by atoms with van der Waals surface area (Å²) >= 11 is 0. The summed E-state index contributed by atoms with van der Waals surface area (Å²) in [6.45, 7) is 4.07. The minimum atomic E-state index is -1.10. The standard InChI is InChI=1S/C13H24N2O6/c1-9(2)11(12(17)18)14-13(19)15(7-8-20-3)6-5-10(16)21-4/h9,11H,5-8H2,1-4H3,(H,14,19)(H,17,18)/t11-/m1/s1. The predicted molar refractivity (Wildman–Crippen MR) is 74.9 cm³/mol. The van der Waals surface area contributed by atoms with Gasteiger partial charge >= 0.3 is 18.0 Å². The lowest BCUT2D eigenvalue weighted by Crippen LogP contribution is -2.51. The van der Waals surface area contributed by atoms with Crippen molar-refractivity contribution in [2.24, 2.45) is 5.92 Å². The molecule has 0 saturated carbocycles. The number of urea groups is 1. The van der Waals surface area contributed by atoms with Gasteiger partial charge in [-0.05, 0) is 5.92 Å². The third-order valence-corrected chi connectivity index (χ3v) is 2.88. The van der Waals surface area contributed by atoms with Crippen LogP contribution in [0.15, 0.2) is 0 Å². The summed E-state index contributed by atoms with van der Waals surface area (Å²) in [7, 11) is 2.76. The molecule has 8 heteroatoms. The highest BCUT2D eigenvalue weighted by atomic mass is 16.5. The summed E-state index contributed by atoms with van der Waals surface area (Å²) in [6.07, 6.45) is 0.0348. The SMILES string of the molecule is COCCN(CCC(=O)OC)C(=O)N[C@@H](C(=O)O)C(C)C. The number of ether oxygens (including phenoxy) is 2. The van der Waals surface area contributed by atoms with Crippen LogP contribution in [0.2, 0.25) is 0 Å². The van der Waals surface area contributed by atoms with E-state index in [0.717, 1.165) is 0 Å². The van der Waals surface area contributed by atoms with Crippen LogP contribution >= 0.6 is 0 Å². The van der Waals surface area contributed by atoms with Gasteiger partial charge in [-0.3, -0.25) is 4.79 Å². The van der Waals surface area contributed by atoms with Gasteiger partial charge in [0.2, 0.25) is 0 Å². The molecule has 1 atom stereocenters. The molecule has 0 bridgehead atoms. The number of methoxy groups -OCH3 is 2. The fourth-order valence-electron chi connectivity index (χ4n) is 1.58. The molecule has 21 heavy (non-hydrogen) atoms. The molecule has 2 amide bonds. The van der Waals surface area contributed by atoms with Gasteiger partial charge in [0.1, 0.15) is 6.04 Å². The molecule has 0 spiro atoms. The van der Waals surface area contributed by atoms with E-state index in [1.807, 2.05) is 0 Å². The molecule has 0 aromatic carbocycles. The molecule has 0 fully saturated rings. The Labute approximate surface area is 124 Å². The van der Waals surface area contributed by atoms with E-state index in [1.165, 1.54) is 19.1 Å². The molecule has 0 unspecified atom stereocenters. The number of nitrogens with one attached hydrogen (secondary N) is 1. The fraction of sp³-hybridized carbons (Fsp3) is 0.769. The zero-order chi connectivity index (χ0) is 16.4. The smallest absolute Gasteiger partial charge is 0.326 e. The number of amides is 2. The van der Waals surface area contributed by atoms with Crippen molar-refractivity contribution in [1.29, 1.82) is 0 Å². The van der Waals surface area contributed by atoms with E-state index in [-0.39, 0.29) is 32.0 Å². The number of hydrogen-bond acceptors (Lipinski definition) is 5. The molecule has 0 aliphatic rings. The maximum absolute atomic E-state index is 12.1. The minimum Gasteiger partial charge on any atom is -0.480 e. The summed E-state index contributed by atoms with van der Waals surface area (Å²) in [5, 5.41) is 11.5. The normalized spacial score (nSPS) is 11.9. The average Bonchev–Trinajstić information content (AvgIpc) is 2.43. The number of carbonyl (C=O) groups excluding carboxylic acids is 2. The van der Waals surface area contributed by atoms with Gasteiger partial charge in [-0.15, -0.1) is 0 Å². The molecule has 0 heterocycles. The molecular weight excluding hydrogens is 280 g/mol. The zero-order valence-corrected chi connectivity index (χ0v) is 12.9. The molecule has 2 N–H and O–H groups in total. The van der Waals surface area contributed by atoms with Crippen LogP contribution in [0.1, 0.15) is 20.3 Å². The number of carbonyl (C=O) groups is 3. The summed E-state index contributed by atoms with van der Waals surface area (Å²) in [5.41, 5.74) is 0. The van der Waals surface area contributed by atoms with Gasteiger partial charge in [0.05, 0.1) is 20.1 Å². The first kappa shape index (κ1) is 19.2. The molecule has 0 rings (SSSR count). The molecule has 0 aromatic heterocycles. The van der Waals surface area contributed by atoms with Crippen LogP contribution in [-0.4, -0.2) is 67.9 Å². The maximum atomic E-state index is 12.1. The first-order valence-electron chi connectivity index (χ1n) is 6.67. The second-order valence-corrected chi connectivity index (χ2v) is 4.82. The monoisotopic (exact) mass is 304 g/mol. The number of carboxylic acids is 1. The Morgan fingerprint density at radius 2 is 1.81 bits per heavy atom. The summed E-state index contributed by atoms with van der Waals surface area (Å²) in [6, 6.07) is -1.53. The zero-order valence-electron chi connectivity index (χ0n) is 12.9. The van der Waals surface area contributed by atoms with E-state index >= 15 is 0 Å². The number of hydrogen-bond donors (Lipinski definition) is 2. The minimum absolute atomic E-state index is 0.0348. The van der Waals surface area contributed by atoms with Crippen molar-refractivity contribution in [2.45, 2.75) is 26.3 Å². The van der Waals surface area contributed by atoms with Crippen LogP contribution in [-0.2, 0) is 19.1 Å². The van der Waals surface area contributed by atoms with E-state index < -0.39 is 24.0 Å². The highest BCUT2D eigenvalue weighted by molar-refractivity contribution is 5.83. The third-order valence-electron chi connectivity index (χ3n) is 2.88. The molecule has 0 aliphatic heterocycles. The molecule has 0 radical (unpaired) electrons. The molecular formula is C13H24N2O6. The predicted octanol–water partition coefficient (Wildman–Crippen LogP) is 0.317. The first-order chi connectivity index (χ1) is 9.83. The summed E-state index contributed by atoms with van der Waals surface area (Å²) < 4.78 is 9.42. The Hall–Kier alpha value is -1.83. The lowest BCUT2D eigenvalue weighted by atomic mass is 10.1. The van der Waals surface area contributed by atoms with Crippen molar-refractivity contribution < 1.29 is 29.0 Å². The van der Waals surface area contributed by atoms with Gasteiger partial charge in [-0.2, -0.15) is 0 Å². The third kappa shape index (κ3) is 7.50. The van der Waals surface area contributed by atoms with Gasteiger partial charge < -0.3 is 24.8 Å². The van der Waals surface area contributed by atoms with Crippen molar-refractivity contribution >= 4 is 18.0 Å². The van der Waals surface area contributed by atoms with Crippen molar-refractivity contribution in [1.82, 2.24) is 10.2 Å². The lowest BCUT2D eigenvalue weighted by Gasteiger charge is -2.26. The van der Waals surface area contributed by atoms with Crippen LogP contribution in [0.5, 0.6) is 0 Å². The molecule has 0 saturated heterocycles. The Bertz CT molecular complexity index is 359. The Morgan fingerprint density at radius 3 is 2.24 bits per heavy atom. The van der Waals surface area contributed by atoms with Crippen LogP contribution < -0.4 is 5.32 Å². The van der Waals surface area contributed by atoms with Crippen molar-refractivity contribution in [2.75, 3.05) is 33.9 Å². The Morgan fingerprint density at radius 1 is 1.19 bits per heavy atom. The number of aliphatic carboxylic acids is 1. The van der Waals surface area contributed by atoms with E-state index in [1.54, 1.807) is 13.8 Å². The van der Waals surface area contributed by atoms with E-state index in [9.17, 15) is 14.4 Å². The van der Waals surface area contributed by atoms with Crippen LogP contribution in [0.4, 0.5) is 4.79 Å². The molecule has 0 aromatic rings. The fourth-order valence-corrected chi connectivity index (χ4v) is 1.58. The van der Waals surface area contributed by atoms with Gasteiger partial charge in [0.15, 0.2) is 0 Å². The van der Waals surface area contributed by atoms with Crippen LogP contribution in [0.3, 0.4) is 0 Å². The maximum Gasteiger partial charge on any atom is 0.326 e. The Balaban J connectivity index is 4.68. The number of carboxylic acid groups (broad SMARTS) is 1. The van der Waals surface area contributed by atoms with Gasteiger partial charge in [-0.1, -0.05) is 13.8 Å². The topological polar surface area (TPSA) is 105 Å².